The number of nitrogens with one attached hydrogen (secondary N) is 1. The van der Waals surface area contributed by atoms with Crippen molar-refractivity contribution in [3.8, 4) is 5.69 Å². The van der Waals surface area contributed by atoms with Gasteiger partial charge in [0.05, 0.1) is 11.1 Å². The van der Waals surface area contributed by atoms with Crippen LogP contribution in [0.15, 0.2) is 61.2 Å². The van der Waals surface area contributed by atoms with Crippen molar-refractivity contribution in [2.75, 3.05) is 11.1 Å². The Labute approximate surface area is 162 Å². The van der Waals surface area contributed by atoms with Crippen LogP contribution in [0.1, 0.15) is 15.9 Å². The Morgan fingerprint density at radius 2 is 1.79 bits per heavy atom. The highest BCUT2D eigenvalue weighted by Crippen LogP contribution is 2.30. The third kappa shape index (κ3) is 3.59. The van der Waals surface area contributed by atoms with Crippen molar-refractivity contribution in [2.24, 2.45) is 0 Å². The molecule has 0 atom stereocenters. The molecule has 0 aliphatic rings. The number of amides is 1. The minimum atomic E-state index is -4.52. The van der Waals surface area contributed by atoms with Crippen molar-refractivity contribution in [2.45, 2.75) is 6.18 Å². The summed E-state index contributed by atoms with van der Waals surface area (Å²) in [7, 11) is 0. The number of anilines is 2. The van der Waals surface area contributed by atoms with Gasteiger partial charge in [-0.25, -0.2) is 15.0 Å². The van der Waals surface area contributed by atoms with E-state index in [0.717, 1.165) is 24.0 Å². The average Bonchev–Trinajstić information content (AvgIpc) is 3.13. The summed E-state index contributed by atoms with van der Waals surface area (Å²) < 4.78 is 40.1. The number of hydrogen-bond donors (Lipinski definition) is 2. The maximum atomic E-state index is 12.8. The number of halogens is 3. The molecule has 10 heteroatoms. The zero-order valence-electron chi connectivity index (χ0n) is 14.7. The van der Waals surface area contributed by atoms with Gasteiger partial charge in [-0.05, 0) is 42.5 Å². The fourth-order valence-electron chi connectivity index (χ4n) is 2.85. The van der Waals surface area contributed by atoms with Crippen LogP contribution in [0.25, 0.3) is 16.7 Å². The highest BCUT2D eigenvalue weighted by molar-refractivity contribution is 6.04. The second-order valence-corrected chi connectivity index (χ2v) is 6.11. The molecule has 0 saturated heterocycles. The van der Waals surface area contributed by atoms with Crippen molar-refractivity contribution in [1.29, 1.82) is 0 Å². The van der Waals surface area contributed by atoms with Gasteiger partial charge in [0, 0.05) is 23.6 Å². The van der Waals surface area contributed by atoms with Crippen LogP contribution in [0.2, 0.25) is 0 Å². The Bertz CT molecular complexity index is 1200. The maximum Gasteiger partial charge on any atom is 0.416 e. The van der Waals surface area contributed by atoms with E-state index in [1.807, 2.05) is 0 Å². The van der Waals surface area contributed by atoms with Gasteiger partial charge in [0.2, 0.25) is 0 Å². The molecule has 0 unspecified atom stereocenters. The van der Waals surface area contributed by atoms with E-state index < -0.39 is 17.6 Å². The highest BCUT2D eigenvalue weighted by atomic mass is 19.4. The van der Waals surface area contributed by atoms with Crippen LogP contribution in [-0.4, -0.2) is 25.4 Å². The summed E-state index contributed by atoms with van der Waals surface area (Å²) in [5.41, 5.74) is 7.32. The number of rotatable bonds is 3. The molecule has 3 heterocycles. The second kappa shape index (κ2) is 6.89. The summed E-state index contributed by atoms with van der Waals surface area (Å²) in [5, 5.41) is 2.37. The van der Waals surface area contributed by atoms with Crippen LogP contribution in [-0.2, 0) is 6.18 Å². The van der Waals surface area contributed by atoms with E-state index in [1.165, 1.54) is 6.33 Å². The molecule has 0 radical (unpaired) electrons. The molecule has 7 nitrogen and oxygen atoms in total. The first-order valence-electron chi connectivity index (χ1n) is 8.35. The summed E-state index contributed by atoms with van der Waals surface area (Å²) in [5.74, 6) is -0.448. The van der Waals surface area contributed by atoms with Crippen molar-refractivity contribution >= 4 is 28.6 Å². The van der Waals surface area contributed by atoms with Gasteiger partial charge >= 0.3 is 6.18 Å². The number of nitrogens with two attached hydrogens (primary N) is 1. The van der Waals surface area contributed by atoms with Gasteiger partial charge in [0.15, 0.2) is 5.82 Å². The van der Waals surface area contributed by atoms with Crippen molar-refractivity contribution < 1.29 is 18.0 Å². The molecule has 0 bridgehead atoms. The van der Waals surface area contributed by atoms with Crippen molar-refractivity contribution in [3.63, 3.8) is 0 Å². The highest BCUT2D eigenvalue weighted by Gasteiger charge is 2.30. The lowest BCUT2D eigenvalue weighted by atomic mass is 10.2. The molecule has 0 saturated carbocycles. The molecular formula is C19H13F3N6O. The standard InChI is InChI=1S/C19H13F3N6O/c20-19(21,22)12-5-7-24-15(9-12)27-18(29)11-1-3-13(4-2-11)28-8-6-14-16(28)17(23)26-10-25-14/h1-10H,(H2,23,25,26)(H,24,27,29). The summed E-state index contributed by atoms with van der Waals surface area (Å²) in [6, 6.07) is 9.85. The predicted octanol–water partition coefficient (Wildman–Crippen LogP) is 3.67. The molecule has 29 heavy (non-hydrogen) atoms. The van der Waals surface area contributed by atoms with E-state index in [4.69, 9.17) is 5.73 Å². The normalized spacial score (nSPS) is 11.6. The molecule has 0 aliphatic heterocycles. The minimum Gasteiger partial charge on any atom is -0.382 e. The Morgan fingerprint density at radius 3 is 2.52 bits per heavy atom. The van der Waals surface area contributed by atoms with Crippen LogP contribution >= 0.6 is 0 Å². The second-order valence-electron chi connectivity index (χ2n) is 6.11. The van der Waals surface area contributed by atoms with E-state index in [-0.39, 0.29) is 11.4 Å². The summed E-state index contributed by atoms with van der Waals surface area (Å²) in [6.07, 6.45) is -0.380. The minimum absolute atomic E-state index is 0.185. The number of fused-ring (bicyclic) bond motifs is 1. The molecule has 146 valence electrons. The fourth-order valence-corrected chi connectivity index (χ4v) is 2.85. The van der Waals surface area contributed by atoms with Gasteiger partial charge in [-0.1, -0.05) is 0 Å². The van der Waals surface area contributed by atoms with Gasteiger partial charge < -0.3 is 15.6 Å². The Morgan fingerprint density at radius 1 is 1.03 bits per heavy atom. The summed E-state index contributed by atoms with van der Waals surface area (Å²) >= 11 is 0. The number of nitrogens with zero attached hydrogens (tertiary/aromatic N) is 4. The number of pyridine rings is 1. The number of aromatic nitrogens is 4. The molecule has 0 fully saturated rings. The molecule has 1 amide bonds. The number of nitrogen functional groups attached to an aromatic ring is 1. The quantitative estimate of drug-likeness (QED) is 0.549. The van der Waals surface area contributed by atoms with Gasteiger partial charge in [-0.3, -0.25) is 4.79 Å². The number of carbonyl (C=O) groups excluding carboxylic acids is 1. The first kappa shape index (κ1) is 18.4. The van der Waals surface area contributed by atoms with E-state index in [1.54, 1.807) is 41.1 Å². The predicted molar refractivity (Wildman–Crippen MR) is 100 cm³/mol. The van der Waals surface area contributed by atoms with Gasteiger partial charge in [-0.15, -0.1) is 0 Å². The lowest BCUT2D eigenvalue weighted by molar-refractivity contribution is -0.137. The van der Waals surface area contributed by atoms with E-state index in [0.29, 0.717) is 16.9 Å². The number of alkyl halides is 3. The van der Waals surface area contributed by atoms with Gasteiger partial charge in [0.25, 0.3) is 5.91 Å². The molecule has 3 N–H and O–H groups in total. The fraction of sp³-hybridized carbons (Fsp3) is 0.0526. The van der Waals surface area contributed by atoms with E-state index in [2.05, 4.69) is 20.3 Å². The first-order chi connectivity index (χ1) is 13.8. The topological polar surface area (TPSA) is 98.7 Å². The van der Waals surface area contributed by atoms with Crippen LogP contribution in [0.3, 0.4) is 0 Å². The lowest BCUT2D eigenvalue weighted by Crippen LogP contribution is -2.14. The summed E-state index contributed by atoms with van der Waals surface area (Å²) in [4.78, 5) is 24.2. The molecule has 0 spiro atoms. The monoisotopic (exact) mass is 398 g/mol. The number of hydrogen-bond acceptors (Lipinski definition) is 5. The number of benzene rings is 1. The van der Waals surface area contributed by atoms with Crippen LogP contribution in [0, 0.1) is 0 Å². The van der Waals surface area contributed by atoms with E-state index >= 15 is 0 Å². The first-order valence-corrected chi connectivity index (χ1v) is 8.35. The van der Waals surface area contributed by atoms with Crippen LogP contribution in [0.5, 0.6) is 0 Å². The smallest absolute Gasteiger partial charge is 0.382 e. The Kier molecular flexibility index (Phi) is 4.38. The largest absolute Gasteiger partial charge is 0.416 e. The average molecular weight is 398 g/mol. The third-order valence-electron chi connectivity index (χ3n) is 4.24. The number of carbonyl (C=O) groups is 1. The zero-order valence-corrected chi connectivity index (χ0v) is 14.7. The molecule has 3 aromatic heterocycles. The van der Waals surface area contributed by atoms with Crippen LogP contribution < -0.4 is 11.1 Å². The summed E-state index contributed by atoms with van der Waals surface area (Å²) in [6.45, 7) is 0. The van der Waals surface area contributed by atoms with Crippen molar-refractivity contribution in [1.82, 2.24) is 19.5 Å². The van der Waals surface area contributed by atoms with Crippen LogP contribution in [0.4, 0.5) is 24.8 Å². The van der Waals surface area contributed by atoms with Gasteiger partial charge in [0.1, 0.15) is 17.7 Å². The zero-order chi connectivity index (χ0) is 20.6. The molecule has 4 aromatic rings. The molecule has 0 aliphatic carbocycles. The Hall–Kier alpha value is -3.95. The Balaban J connectivity index is 1.57. The maximum absolute atomic E-state index is 12.8. The molecule has 4 rings (SSSR count). The van der Waals surface area contributed by atoms with Gasteiger partial charge in [-0.2, -0.15) is 13.2 Å². The third-order valence-corrected chi connectivity index (χ3v) is 4.24. The SMILES string of the molecule is Nc1ncnc2ccn(-c3ccc(C(=O)Nc4cc(C(F)(F)F)ccn4)cc3)c12. The molecular weight excluding hydrogens is 385 g/mol. The van der Waals surface area contributed by atoms with Crippen molar-refractivity contribution in [3.05, 3.63) is 72.3 Å². The lowest BCUT2D eigenvalue weighted by Gasteiger charge is -2.10. The van der Waals surface area contributed by atoms with E-state index in [9.17, 15) is 18.0 Å². The molecule has 1 aromatic carbocycles.